The molecule has 1 aliphatic rings. The number of aromatic nitrogens is 1. The van der Waals surface area contributed by atoms with Gasteiger partial charge in [0.15, 0.2) is 17.2 Å². The molecule has 9 heteroatoms. The van der Waals surface area contributed by atoms with Gasteiger partial charge in [0.1, 0.15) is 6.61 Å². The number of para-hydroxylation sites is 1. The van der Waals surface area contributed by atoms with Crippen LogP contribution in [-0.2, 0) is 6.61 Å². The lowest BCUT2D eigenvalue weighted by Crippen LogP contribution is -2.26. The first-order chi connectivity index (χ1) is 12.1. The third-order valence-electron chi connectivity index (χ3n) is 4.07. The zero-order chi connectivity index (χ0) is 17.6. The average Bonchev–Trinajstić information content (AvgIpc) is 3.26. The SMILES string of the molecule is Cl.O=C(NCCC1CCNC1)c1cc(COc2c(Cl)cccc2Cl)on1. The van der Waals surface area contributed by atoms with Gasteiger partial charge in [-0.05, 0) is 44.0 Å². The molecule has 1 aromatic heterocycles. The zero-order valence-electron chi connectivity index (χ0n) is 14.0. The number of hydrogen-bond donors (Lipinski definition) is 2. The van der Waals surface area contributed by atoms with Crippen molar-refractivity contribution in [1.29, 1.82) is 0 Å². The summed E-state index contributed by atoms with van der Waals surface area (Å²) in [4.78, 5) is 12.1. The number of rotatable bonds is 7. The highest BCUT2D eigenvalue weighted by atomic mass is 35.5. The first kappa shape index (κ1) is 20.8. The van der Waals surface area contributed by atoms with Gasteiger partial charge in [-0.1, -0.05) is 34.4 Å². The Morgan fingerprint density at radius 2 is 2.15 bits per heavy atom. The van der Waals surface area contributed by atoms with Crippen LogP contribution in [0.1, 0.15) is 29.1 Å². The molecule has 1 amide bonds. The molecule has 1 aliphatic heterocycles. The molecule has 0 radical (unpaired) electrons. The van der Waals surface area contributed by atoms with Crippen LogP contribution in [0, 0.1) is 5.92 Å². The van der Waals surface area contributed by atoms with Crippen LogP contribution >= 0.6 is 35.6 Å². The van der Waals surface area contributed by atoms with Crippen molar-refractivity contribution in [1.82, 2.24) is 15.8 Å². The number of nitrogens with zero attached hydrogens (tertiary/aromatic N) is 1. The number of carbonyl (C=O) groups is 1. The first-order valence-electron chi connectivity index (χ1n) is 8.15. The molecule has 0 bridgehead atoms. The molecule has 1 unspecified atom stereocenters. The lowest BCUT2D eigenvalue weighted by molar-refractivity contribution is 0.0942. The lowest BCUT2D eigenvalue weighted by atomic mass is 10.1. The standard InChI is InChI=1S/C17H19Cl2N3O3.ClH/c18-13-2-1-3-14(19)16(13)24-10-12-8-15(22-25-12)17(23)21-7-5-11-4-6-20-9-11;/h1-3,8,11,20H,4-7,9-10H2,(H,21,23);1H. The zero-order valence-corrected chi connectivity index (χ0v) is 16.3. The van der Waals surface area contributed by atoms with Gasteiger partial charge < -0.3 is 19.9 Å². The molecule has 1 fully saturated rings. The van der Waals surface area contributed by atoms with Crippen molar-refractivity contribution in [2.45, 2.75) is 19.4 Å². The van der Waals surface area contributed by atoms with Crippen molar-refractivity contribution >= 4 is 41.5 Å². The Morgan fingerprint density at radius 1 is 1.38 bits per heavy atom. The quantitative estimate of drug-likeness (QED) is 0.714. The van der Waals surface area contributed by atoms with Crippen molar-refractivity contribution in [3.05, 3.63) is 45.8 Å². The number of hydrogen-bond acceptors (Lipinski definition) is 5. The van der Waals surface area contributed by atoms with Crippen LogP contribution < -0.4 is 15.4 Å². The summed E-state index contributed by atoms with van der Waals surface area (Å²) < 4.78 is 10.7. The minimum Gasteiger partial charge on any atom is -0.482 e. The predicted octanol–water partition coefficient (Wildman–Crippen LogP) is 3.71. The Kier molecular flexibility index (Phi) is 8.03. The molecule has 0 aliphatic carbocycles. The van der Waals surface area contributed by atoms with E-state index in [2.05, 4.69) is 15.8 Å². The normalized spacial score (nSPS) is 16.2. The number of carbonyl (C=O) groups excluding carboxylic acids is 1. The number of amides is 1. The molecule has 142 valence electrons. The number of nitrogens with one attached hydrogen (secondary N) is 2. The largest absolute Gasteiger partial charge is 0.482 e. The van der Waals surface area contributed by atoms with Gasteiger partial charge in [0, 0.05) is 12.6 Å². The topological polar surface area (TPSA) is 76.4 Å². The van der Waals surface area contributed by atoms with E-state index >= 15 is 0 Å². The van der Waals surface area contributed by atoms with Gasteiger partial charge in [-0.2, -0.15) is 0 Å². The van der Waals surface area contributed by atoms with E-state index in [-0.39, 0.29) is 30.6 Å². The van der Waals surface area contributed by atoms with E-state index in [4.69, 9.17) is 32.5 Å². The van der Waals surface area contributed by atoms with Gasteiger partial charge >= 0.3 is 0 Å². The summed E-state index contributed by atoms with van der Waals surface area (Å²) in [7, 11) is 0. The third kappa shape index (κ3) is 5.51. The highest BCUT2D eigenvalue weighted by Crippen LogP contribution is 2.32. The second-order valence-corrected chi connectivity index (χ2v) is 6.74. The summed E-state index contributed by atoms with van der Waals surface area (Å²) in [5.41, 5.74) is 0.230. The summed E-state index contributed by atoms with van der Waals surface area (Å²) >= 11 is 12.1. The Bertz CT molecular complexity index is 713. The monoisotopic (exact) mass is 419 g/mol. The number of halogens is 3. The molecule has 26 heavy (non-hydrogen) atoms. The van der Waals surface area contributed by atoms with E-state index in [1.54, 1.807) is 24.3 Å². The first-order valence-corrected chi connectivity index (χ1v) is 8.90. The van der Waals surface area contributed by atoms with E-state index in [9.17, 15) is 4.79 Å². The van der Waals surface area contributed by atoms with Crippen molar-refractivity contribution < 1.29 is 14.1 Å². The van der Waals surface area contributed by atoms with Gasteiger partial charge in [-0.25, -0.2) is 0 Å². The maximum absolute atomic E-state index is 12.1. The van der Waals surface area contributed by atoms with Crippen LogP contribution in [-0.4, -0.2) is 30.7 Å². The molecule has 3 rings (SSSR count). The van der Waals surface area contributed by atoms with Crippen LogP contribution in [0.3, 0.4) is 0 Å². The number of ether oxygens (including phenoxy) is 1. The fourth-order valence-corrected chi connectivity index (χ4v) is 3.20. The molecule has 2 N–H and O–H groups in total. The second kappa shape index (κ2) is 10.0. The van der Waals surface area contributed by atoms with Crippen LogP contribution in [0.15, 0.2) is 28.8 Å². The minimum absolute atomic E-state index is 0. The average molecular weight is 421 g/mol. The summed E-state index contributed by atoms with van der Waals surface area (Å²) in [6.07, 6.45) is 2.11. The molecule has 2 aromatic rings. The lowest BCUT2D eigenvalue weighted by Gasteiger charge is -2.08. The fraction of sp³-hybridized carbons (Fsp3) is 0.412. The van der Waals surface area contributed by atoms with E-state index < -0.39 is 0 Å². The summed E-state index contributed by atoms with van der Waals surface area (Å²) in [6.45, 7) is 2.78. The van der Waals surface area contributed by atoms with Gasteiger partial charge in [-0.3, -0.25) is 4.79 Å². The highest BCUT2D eigenvalue weighted by Gasteiger charge is 2.17. The predicted molar refractivity (Wildman–Crippen MR) is 102 cm³/mol. The molecule has 1 aromatic carbocycles. The molecule has 0 saturated carbocycles. The number of benzene rings is 1. The maximum Gasteiger partial charge on any atom is 0.273 e. The minimum atomic E-state index is -0.253. The maximum atomic E-state index is 12.1. The summed E-state index contributed by atoms with van der Waals surface area (Å²) in [5, 5.41) is 10.8. The van der Waals surface area contributed by atoms with Crippen molar-refractivity contribution in [2.75, 3.05) is 19.6 Å². The molecule has 0 spiro atoms. The summed E-state index contributed by atoms with van der Waals surface area (Å²) in [6, 6.07) is 6.65. The van der Waals surface area contributed by atoms with Crippen molar-refractivity contribution in [3.8, 4) is 5.75 Å². The summed E-state index contributed by atoms with van der Waals surface area (Å²) in [5.74, 6) is 1.17. The molecule has 1 saturated heterocycles. The highest BCUT2D eigenvalue weighted by molar-refractivity contribution is 6.37. The molecule has 6 nitrogen and oxygen atoms in total. The Morgan fingerprint density at radius 3 is 2.85 bits per heavy atom. The Labute approximate surface area is 168 Å². The second-order valence-electron chi connectivity index (χ2n) is 5.92. The van der Waals surface area contributed by atoms with Gasteiger partial charge in [-0.15, -0.1) is 12.4 Å². The van der Waals surface area contributed by atoms with Crippen LogP contribution in [0.2, 0.25) is 10.0 Å². The van der Waals surface area contributed by atoms with Crippen molar-refractivity contribution in [3.63, 3.8) is 0 Å². The molecular weight excluding hydrogens is 401 g/mol. The van der Waals surface area contributed by atoms with Crippen LogP contribution in [0.4, 0.5) is 0 Å². The van der Waals surface area contributed by atoms with E-state index in [0.717, 1.165) is 25.9 Å². The van der Waals surface area contributed by atoms with E-state index in [0.29, 0.717) is 34.0 Å². The molecular formula is C17H20Cl3N3O3. The van der Waals surface area contributed by atoms with E-state index in [1.807, 2.05) is 0 Å². The third-order valence-corrected chi connectivity index (χ3v) is 4.67. The Hall–Kier alpha value is -1.47. The fourth-order valence-electron chi connectivity index (χ4n) is 2.69. The van der Waals surface area contributed by atoms with Gasteiger partial charge in [0.05, 0.1) is 10.0 Å². The van der Waals surface area contributed by atoms with Crippen LogP contribution in [0.5, 0.6) is 5.75 Å². The molecule has 1 atom stereocenters. The van der Waals surface area contributed by atoms with E-state index in [1.165, 1.54) is 0 Å². The van der Waals surface area contributed by atoms with Crippen molar-refractivity contribution in [2.24, 2.45) is 5.92 Å². The van der Waals surface area contributed by atoms with Crippen LogP contribution in [0.25, 0.3) is 0 Å². The smallest absolute Gasteiger partial charge is 0.273 e. The van der Waals surface area contributed by atoms with Gasteiger partial charge in [0.25, 0.3) is 5.91 Å². The Balaban J connectivity index is 0.00000243. The molecule has 2 heterocycles. The van der Waals surface area contributed by atoms with Gasteiger partial charge in [0.2, 0.25) is 0 Å².